The predicted molar refractivity (Wildman–Crippen MR) is 76.7 cm³/mol. The Labute approximate surface area is 127 Å². The van der Waals surface area contributed by atoms with Crippen LogP contribution in [0.2, 0.25) is 10.0 Å². The number of nitrogens with zero attached hydrogens (tertiary/aromatic N) is 5. The molecule has 2 aromatic rings. The van der Waals surface area contributed by atoms with Crippen LogP contribution in [0.3, 0.4) is 0 Å². The molecule has 0 saturated heterocycles. The molecule has 0 N–H and O–H groups in total. The summed E-state index contributed by atoms with van der Waals surface area (Å²) < 4.78 is 26.5. The molecule has 0 radical (unpaired) electrons. The number of hydrogen-bond acceptors (Lipinski definition) is 3. The van der Waals surface area contributed by atoms with Crippen molar-refractivity contribution in [3.8, 4) is 0 Å². The molecule has 0 bridgehead atoms. The first-order valence-electron chi connectivity index (χ1n) is 5.40. The lowest BCUT2D eigenvalue weighted by molar-refractivity contribution is 0.623. The second-order valence-corrected chi connectivity index (χ2v) is 4.54. The van der Waals surface area contributed by atoms with Gasteiger partial charge in [0, 0.05) is 22.9 Å². The van der Waals surface area contributed by atoms with Crippen LogP contribution >= 0.6 is 23.2 Å². The number of benzene rings is 1. The van der Waals surface area contributed by atoms with Crippen LogP contribution in [0.5, 0.6) is 0 Å². The molecule has 0 spiro atoms. The van der Waals surface area contributed by atoms with Gasteiger partial charge < -0.3 is 0 Å². The lowest BCUT2D eigenvalue weighted by Gasteiger charge is -2.03. The molecule has 9 heteroatoms. The number of azide groups is 1. The summed E-state index contributed by atoms with van der Waals surface area (Å²) in [6, 6.07) is 2.08. The maximum absolute atomic E-state index is 13.5. The first-order chi connectivity index (χ1) is 10.0. The van der Waals surface area contributed by atoms with Crippen LogP contribution in [0.25, 0.3) is 10.4 Å². The molecule has 0 aliphatic carbocycles. The van der Waals surface area contributed by atoms with Crippen molar-refractivity contribution < 1.29 is 8.78 Å². The molecule has 0 aliphatic rings. The van der Waals surface area contributed by atoms with E-state index in [2.05, 4.69) is 20.0 Å². The number of halogens is 4. The Balaban J connectivity index is 2.48. The van der Waals surface area contributed by atoms with Crippen LogP contribution in [0.15, 0.2) is 34.6 Å². The van der Waals surface area contributed by atoms with E-state index in [0.29, 0.717) is 0 Å². The molecule has 2 rings (SSSR count). The van der Waals surface area contributed by atoms with Crippen molar-refractivity contribution >= 4 is 40.8 Å². The molecule has 0 saturated carbocycles. The van der Waals surface area contributed by atoms with Gasteiger partial charge in [-0.15, -0.1) is 0 Å². The van der Waals surface area contributed by atoms with E-state index in [9.17, 15) is 8.78 Å². The Morgan fingerprint density at radius 2 is 1.81 bits per heavy atom. The van der Waals surface area contributed by atoms with Gasteiger partial charge in [0.05, 0.1) is 21.9 Å². The second-order valence-electron chi connectivity index (χ2n) is 3.72. The third-order valence-corrected chi connectivity index (χ3v) is 2.94. The number of pyridine rings is 1. The van der Waals surface area contributed by atoms with Crippen molar-refractivity contribution in [1.29, 1.82) is 0 Å². The fourth-order valence-corrected chi connectivity index (χ4v) is 2.04. The summed E-state index contributed by atoms with van der Waals surface area (Å²) in [6.07, 6.45) is 3.33. The standard InChI is InChI=1S/C12H5Cl2F2N5/c13-8-1-7(15)2-9(14)12(8)19-4-6-3-18-5-10(16)11(6)20-21-17/h1-5H. The van der Waals surface area contributed by atoms with Gasteiger partial charge >= 0.3 is 0 Å². The van der Waals surface area contributed by atoms with Gasteiger partial charge in [-0.25, -0.2) is 8.78 Å². The molecule has 1 aromatic carbocycles. The molecule has 1 heterocycles. The molecule has 21 heavy (non-hydrogen) atoms. The van der Waals surface area contributed by atoms with Crippen molar-refractivity contribution in [3.63, 3.8) is 0 Å². The maximum Gasteiger partial charge on any atom is 0.151 e. The molecule has 106 valence electrons. The average molecular weight is 328 g/mol. The van der Waals surface area contributed by atoms with Crippen LogP contribution in [0.1, 0.15) is 5.56 Å². The third kappa shape index (κ3) is 3.46. The van der Waals surface area contributed by atoms with E-state index in [1.54, 1.807) is 0 Å². The minimum atomic E-state index is -0.798. The highest BCUT2D eigenvalue weighted by molar-refractivity contribution is 6.38. The number of hydrogen-bond donors (Lipinski definition) is 0. The van der Waals surface area contributed by atoms with Crippen molar-refractivity contribution in [2.75, 3.05) is 0 Å². The molecular weight excluding hydrogens is 323 g/mol. The molecular formula is C12H5Cl2F2N5. The van der Waals surface area contributed by atoms with Crippen molar-refractivity contribution in [2.45, 2.75) is 0 Å². The quantitative estimate of drug-likeness (QED) is 0.323. The Bertz CT molecular complexity index is 749. The third-order valence-electron chi connectivity index (χ3n) is 2.36. The Morgan fingerprint density at radius 1 is 1.14 bits per heavy atom. The fraction of sp³-hybridized carbons (Fsp3) is 0. The summed E-state index contributed by atoms with van der Waals surface area (Å²) >= 11 is 11.6. The Hall–Kier alpha value is -2.21. The minimum absolute atomic E-state index is 0.00838. The van der Waals surface area contributed by atoms with Gasteiger partial charge in [0.1, 0.15) is 11.5 Å². The van der Waals surface area contributed by atoms with Crippen LogP contribution in [-0.4, -0.2) is 11.2 Å². The lowest BCUT2D eigenvalue weighted by Crippen LogP contribution is -1.88. The molecule has 1 aromatic heterocycles. The molecule has 0 amide bonds. The van der Waals surface area contributed by atoms with Gasteiger partial charge in [0.25, 0.3) is 0 Å². The monoisotopic (exact) mass is 327 g/mol. The maximum atomic E-state index is 13.5. The average Bonchev–Trinajstić information content (AvgIpc) is 2.41. The van der Waals surface area contributed by atoms with Crippen LogP contribution in [0, 0.1) is 11.6 Å². The summed E-state index contributed by atoms with van der Waals surface area (Å²) in [6.45, 7) is 0. The van der Waals surface area contributed by atoms with Crippen molar-refractivity contribution in [3.05, 3.63) is 62.2 Å². The van der Waals surface area contributed by atoms with Gasteiger partial charge in [-0.05, 0) is 17.7 Å². The summed E-state index contributed by atoms with van der Waals surface area (Å²) in [7, 11) is 0. The highest BCUT2D eigenvalue weighted by Gasteiger charge is 2.09. The zero-order chi connectivity index (χ0) is 15.4. The van der Waals surface area contributed by atoms with Crippen LogP contribution < -0.4 is 0 Å². The van der Waals surface area contributed by atoms with E-state index in [1.165, 1.54) is 12.4 Å². The SMILES string of the molecule is [N-]=[N+]=Nc1c(F)cncc1C=Nc1c(Cl)cc(F)cc1Cl. The van der Waals surface area contributed by atoms with Crippen molar-refractivity contribution in [1.82, 2.24) is 4.98 Å². The fourth-order valence-electron chi connectivity index (χ4n) is 1.48. The molecule has 5 nitrogen and oxygen atoms in total. The highest BCUT2D eigenvalue weighted by atomic mass is 35.5. The van der Waals surface area contributed by atoms with E-state index >= 15 is 0 Å². The molecule has 0 fully saturated rings. The largest absolute Gasteiger partial charge is 0.261 e. The number of aliphatic imine (C=N–C) groups is 1. The first kappa shape index (κ1) is 15.2. The normalized spacial score (nSPS) is 10.7. The van der Waals surface area contributed by atoms with Gasteiger partial charge in [0.2, 0.25) is 0 Å². The van der Waals surface area contributed by atoms with Gasteiger partial charge in [-0.3, -0.25) is 9.98 Å². The zero-order valence-corrected chi connectivity index (χ0v) is 11.6. The van der Waals surface area contributed by atoms with E-state index in [4.69, 9.17) is 28.7 Å². The Kier molecular flexibility index (Phi) is 4.70. The smallest absolute Gasteiger partial charge is 0.151 e. The van der Waals surface area contributed by atoms with E-state index in [-0.39, 0.29) is 27.0 Å². The molecule has 0 aliphatic heterocycles. The molecule has 0 unspecified atom stereocenters. The summed E-state index contributed by atoms with van der Waals surface area (Å²) in [5.41, 5.74) is 8.39. The number of aromatic nitrogens is 1. The van der Waals surface area contributed by atoms with Crippen LogP contribution in [-0.2, 0) is 0 Å². The van der Waals surface area contributed by atoms with Gasteiger partial charge in [-0.2, -0.15) is 0 Å². The molecule has 0 atom stereocenters. The topological polar surface area (TPSA) is 74.0 Å². The summed E-state index contributed by atoms with van der Waals surface area (Å²) in [5.74, 6) is -1.40. The summed E-state index contributed by atoms with van der Waals surface area (Å²) in [5, 5.41) is 3.21. The van der Waals surface area contributed by atoms with Crippen LogP contribution in [0.4, 0.5) is 20.2 Å². The highest BCUT2D eigenvalue weighted by Crippen LogP contribution is 2.34. The van der Waals surface area contributed by atoms with E-state index in [0.717, 1.165) is 18.3 Å². The van der Waals surface area contributed by atoms with E-state index < -0.39 is 11.6 Å². The second kappa shape index (κ2) is 6.49. The zero-order valence-electron chi connectivity index (χ0n) is 10.1. The van der Waals surface area contributed by atoms with E-state index in [1.807, 2.05) is 0 Å². The number of rotatable bonds is 3. The Morgan fingerprint density at radius 3 is 2.43 bits per heavy atom. The van der Waals surface area contributed by atoms with Gasteiger partial charge in [0.15, 0.2) is 5.82 Å². The minimum Gasteiger partial charge on any atom is -0.261 e. The van der Waals surface area contributed by atoms with Gasteiger partial charge in [-0.1, -0.05) is 28.3 Å². The summed E-state index contributed by atoms with van der Waals surface area (Å²) in [4.78, 5) is 10.1. The predicted octanol–water partition coefficient (Wildman–Crippen LogP) is 5.36. The lowest BCUT2D eigenvalue weighted by atomic mass is 10.2. The first-order valence-corrected chi connectivity index (χ1v) is 6.15. The van der Waals surface area contributed by atoms with Crippen molar-refractivity contribution in [2.24, 2.45) is 10.1 Å².